The first kappa shape index (κ1) is 21.3. The molecule has 0 unspecified atom stereocenters. The summed E-state index contributed by atoms with van der Waals surface area (Å²) in [6, 6.07) is 6.73. The van der Waals surface area contributed by atoms with Crippen LogP contribution in [0.3, 0.4) is 0 Å². The maximum atomic E-state index is 11.8. The number of halogens is 2. The average Bonchev–Trinajstić information content (AvgIpc) is 2.63. The van der Waals surface area contributed by atoms with E-state index in [9.17, 15) is 20.0 Å². The highest BCUT2D eigenvalue weighted by atomic mass is 35.5. The molecule has 0 bridgehead atoms. The largest absolute Gasteiger partial charge is 0.504 e. The Kier molecular flexibility index (Phi) is 7.42. The Bertz CT molecular complexity index is 920. The van der Waals surface area contributed by atoms with Crippen LogP contribution in [0.1, 0.15) is 12.5 Å². The molecule has 28 heavy (non-hydrogen) atoms. The van der Waals surface area contributed by atoms with Gasteiger partial charge in [0.05, 0.1) is 28.8 Å². The van der Waals surface area contributed by atoms with Crippen molar-refractivity contribution in [1.29, 1.82) is 0 Å². The van der Waals surface area contributed by atoms with E-state index in [-0.39, 0.29) is 46.7 Å². The van der Waals surface area contributed by atoms with Gasteiger partial charge in [-0.3, -0.25) is 14.9 Å². The number of carbonyl (C=O) groups is 1. The Morgan fingerprint density at radius 3 is 2.68 bits per heavy atom. The number of aromatic hydroxyl groups is 1. The standard InChI is InChI=1S/C17H15Cl2N3O6/c1-2-27-15-7-12(22(25)26)5-10(17(15)24)8-20-21-16(23)9-28-14-4-3-11(18)6-13(14)19/h3-8,24H,2,9H2,1H3,(H,21,23). The number of hydrogen-bond donors (Lipinski definition) is 2. The number of phenolic OH excluding ortho intramolecular Hbond substituents is 1. The molecule has 0 spiro atoms. The predicted molar refractivity (Wildman–Crippen MR) is 104 cm³/mol. The zero-order valence-corrected chi connectivity index (χ0v) is 16.0. The molecule has 0 aliphatic carbocycles. The Morgan fingerprint density at radius 1 is 1.29 bits per heavy atom. The Labute approximate surface area is 169 Å². The lowest BCUT2D eigenvalue weighted by atomic mass is 10.1. The van der Waals surface area contributed by atoms with Crippen LogP contribution in [0.25, 0.3) is 0 Å². The molecule has 2 aromatic carbocycles. The van der Waals surface area contributed by atoms with Crippen LogP contribution in [0.5, 0.6) is 17.2 Å². The normalized spacial score (nSPS) is 10.7. The molecular formula is C17H15Cl2N3O6. The molecule has 0 aliphatic heterocycles. The number of ether oxygens (including phenoxy) is 2. The van der Waals surface area contributed by atoms with Gasteiger partial charge in [0.25, 0.3) is 11.6 Å². The fourth-order valence-electron chi connectivity index (χ4n) is 2.03. The summed E-state index contributed by atoms with van der Waals surface area (Å²) < 4.78 is 10.4. The molecule has 0 saturated carbocycles. The van der Waals surface area contributed by atoms with Crippen molar-refractivity contribution in [1.82, 2.24) is 5.43 Å². The van der Waals surface area contributed by atoms with E-state index in [1.54, 1.807) is 13.0 Å². The number of hydrazone groups is 1. The van der Waals surface area contributed by atoms with Gasteiger partial charge in [-0.2, -0.15) is 5.10 Å². The summed E-state index contributed by atoms with van der Waals surface area (Å²) in [5.41, 5.74) is 1.88. The van der Waals surface area contributed by atoms with Crippen molar-refractivity contribution in [3.63, 3.8) is 0 Å². The van der Waals surface area contributed by atoms with E-state index in [2.05, 4.69) is 10.5 Å². The quantitative estimate of drug-likeness (QED) is 0.377. The molecule has 11 heteroatoms. The first-order valence-corrected chi connectivity index (χ1v) is 8.61. The lowest BCUT2D eigenvalue weighted by Crippen LogP contribution is -2.24. The third-order valence-electron chi connectivity index (χ3n) is 3.25. The SMILES string of the molecule is CCOc1cc([N+](=O)[O-])cc(C=NNC(=O)COc2ccc(Cl)cc2Cl)c1O. The number of amides is 1. The van der Waals surface area contributed by atoms with Crippen LogP contribution in [-0.2, 0) is 4.79 Å². The molecule has 148 valence electrons. The monoisotopic (exact) mass is 427 g/mol. The molecule has 0 atom stereocenters. The van der Waals surface area contributed by atoms with Crippen molar-refractivity contribution in [2.24, 2.45) is 5.10 Å². The van der Waals surface area contributed by atoms with Gasteiger partial charge < -0.3 is 14.6 Å². The number of nitrogens with one attached hydrogen (secondary N) is 1. The van der Waals surface area contributed by atoms with Gasteiger partial charge >= 0.3 is 0 Å². The predicted octanol–water partition coefficient (Wildman–Crippen LogP) is 3.54. The minimum atomic E-state index is -0.637. The van der Waals surface area contributed by atoms with Crippen LogP contribution in [-0.4, -0.2) is 35.4 Å². The summed E-state index contributed by atoms with van der Waals surface area (Å²) in [6.45, 7) is 1.48. The third kappa shape index (κ3) is 5.73. The van der Waals surface area contributed by atoms with Gasteiger partial charge in [0.15, 0.2) is 18.1 Å². The van der Waals surface area contributed by atoms with Crippen LogP contribution >= 0.6 is 23.2 Å². The number of carbonyl (C=O) groups excluding carboxylic acids is 1. The average molecular weight is 428 g/mol. The molecule has 2 N–H and O–H groups in total. The van der Waals surface area contributed by atoms with Crippen molar-refractivity contribution in [3.8, 4) is 17.2 Å². The van der Waals surface area contributed by atoms with Gasteiger partial charge in [0.2, 0.25) is 0 Å². The van der Waals surface area contributed by atoms with E-state index < -0.39 is 10.8 Å². The number of non-ortho nitro benzene ring substituents is 1. The first-order chi connectivity index (χ1) is 13.3. The molecule has 0 heterocycles. The Morgan fingerprint density at radius 2 is 2.04 bits per heavy atom. The Hall–Kier alpha value is -3.04. The number of nitrogens with zero attached hydrogens (tertiary/aromatic N) is 2. The maximum Gasteiger partial charge on any atom is 0.277 e. The molecule has 0 aromatic heterocycles. The molecular weight excluding hydrogens is 413 g/mol. The van der Waals surface area contributed by atoms with E-state index in [1.807, 2.05) is 0 Å². The van der Waals surface area contributed by atoms with Crippen LogP contribution in [0.2, 0.25) is 10.0 Å². The van der Waals surface area contributed by atoms with Crippen LogP contribution in [0, 0.1) is 10.1 Å². The highest BCUT2D eigenvalue weighted by Gasteiger charge is 2.16. The lowest BCUT2D eigenvalue weighted by molar-refractivity contribution is -0.385. The van der Waals surface area contributed by atoms with Crippen LogP contribution in [0.15, 0.2) is 35.4 Å². The zero-order chi connectivity index (χ0) is 20.7. The molecule has 0 fully saturated rings. The van der Waals surface area contributed by atoms with Crippen molar-refractivity contribution in [2.45, 2.75) is 6.92 Å². The number of nitro groups is 1. The molecule has 0 saturated heterocycles. The van der Waals surface area contributed by atoms with E-state index in [4.69, 9.17) is 32.7 Å². The summed E-state index contributed by atoms with van der Waals surface area (Å²) in [6.07, 6.45) is 1.05. The zero-order valence-electron chi connectivity index (χ0n) is 14.5. The number of benzene rings is 2. The van der Waals surface area contributed by atoms with E-state index in [1.165, 1.54) is 12.1 Å². The second-order valence-electron chi connectivity index (χ2n) is 5.23. The highest BCUT2D eigenvalue weighted by molar-refractivity contribution is 6.35. The fourth-order valence-corrected chi connectivity index (χ4v) is 2.49. The number of nitro benzene ring substituents is 1. The summed E-state index contributed by atoms with van der Waals surface area (Å²) in [5, 5.41) is 25.4. The van der Waals surface area contributed by atoms with Gasteiger partial charge in [-0.15, -0.1) is 0 Å². The second kappa shape index (κ2) is 9.77. The third-order valence-corrected chi connectivity index (χ3v) is 3.78. The molecule has 0 radical (unpaired) electrons. The smallest absolute Gasteiger partial charge is 0.277 e. The van der Waals surface area contributed by atoms with Crippen molar-refractivity contribution in [3.05, 3.63) is 56.1 Å². The second-order valence-corrected chi connectivity index (χ2v) is 6.07. The lowest BCUT2D eigenvalue weighted by Gasteiger charge is -2.08. The number of phenols is 1. The topological polar surface area (TPSA) is 123 Å². The van der Waals surface area contributed by atoms with Crippen LogP contribution < -0.4 is 14.9 Å². The highest BCUT2D eigenvalue weighted by Crippen LogP contribution is 2.33. The van der Waals surface area contributed by atoms with Crippen molar-refractivity contribution in [2.75, 3.05) is 13.2 Å². The maximum absolute atomic E-state index is 11.8. The summed E-state index contributed by atoms with van der Waals surface area (Å²) in [5.74, 6) is -0.750. The van der Waals surface area contributed by atoms with Gasteiger partial charge in [0.1, 0.15) is 5.75 Å². The van der Waals surface area contributed by atoms with Gasteiger partial charge in [-0.25, -0.2) is 5.43 Å². The molecule has 9 nitrogen and oxygen atoms in total. The first-order valence-electron chi connectivity index (χ1n) is 7.85. The number of hydrogen-bond acceptors (Lipinski definition) is 7. The van der Waals surface area contributed by atoms with Crippen LogP contribution in [0.4, 0.5) is 5.69 Å². The minimum absolute atomic E-state index is 0.000357. The van der Waals surface area contributed by atoms with Crippen molar-refractivity contribution >= 4 is 41.0 Å². The molecule has 0 aliphatic rings. The van der Waals surface area contributed by atoms with E-state index in [0.29, 0.717) is 5.02 Å². The number of rotatable bonds is 8. The van der Waals surface area contributed by atoms with Gasteiger partial charge in [0, 0.05) is 16.7 Å². The summed E-state index contributed by atoms with van der Waals surface area (Å²) >= 11 is 11.7. The molecule has 2 aromatic rings. The molecule has 1 amide bonds. The van der Waals surface area contributed by atoms with Gasteiger partial charge in [-0.05, 0) is 25.1 Å². The van der Waals surface area contributed by atoms with Gasteiger partial charge in [-0.1, -0.05) is 23.2 Å². The Balaban J connectivity index is 2.03. The van der Waals surface area contributed by atoms with E-state index >= 15 is 0 Å². The van der Waals surface area contributed by atoms with Crippen molar-refractivity contribution < 1.29 is 24.3 Å². The fraction of sp³-hybridized carbons (Fsp3) is 0.176. The summed E-state index contributed by atoms with van der Waals surface area (Å²) in [7, 11) is 0. The minimum Gasteiger partial charge on any atom is -0.504 e. The van der Waals surface area contributed by atoms with E-state index in [0.717, 1.165) is 18.3 Å². The summed E-state index contributed by atoms with van der Waals surface area (Å²) in [4.78, 5) is 22.2. The molecule has 2 rings (SSSR count).